The second kappa shape index (κ2) is 10.8. The van der Waals surface area contributed by atoms with Crippen molar-refractivity contribution in [1.29, 1.82) is 0 Å². The van der Waals surface area contributed by atoms with Gasteiger partial charge >= 0.3 is 0 Å². The van der Waals surface area contributed by atoms with E-state index in [1.165, 1.54) is 38.5 Å². The van der Waals surface area contributed by atoms with Gasteiger partial charge in [0.1, 0.15) is 5.58 Å². The highest BCUT2D eigenvalue weighted by Crippen LogP contribution is 2.43. The number of benzene rings is 6. The van der Waals surface area contributed by atoms with Crippen LogP contribution in [0.3, 0.4) is 0 Å². The zero-order valence-corrected chi connectivity index (χ0v) is 26.5. The molecule has 3 heteroatoms. The first-order chi connectivity index (χ1) is 22.4. The van der Waals surface area contributed by atoms with E-state index in [0.717, 1.165) is 45.4 Å². The number of hydrogen-bond donors (Lipinski definition) is 0. The number of rotatable bonds is 6. The first-order valence-electron chi connectivity index (χ1n) is 15.9. The Balaban J connectivity index is 1.27. The fraction of sp³-hybridized carbons (Fsp3) is 0.116. The van der Waals surface area contributed by atoms with Crippen molar-refractivity contribution in [2.24, 2.45) is 0 Å². The number of hydrogen-bond acceptors (Lipinski definition) is 2. The summed E-state index contributed by atoms with van der Waals surface area (Å²) in [6, 6.07) is 47.9. The van der Waals surface area contributed by atoms with E-state index in [4.69, 9.17) is 4.42 Å². The maximum absolute atomic E-state index is 6.52. The van der Waals surface area contributed by atoms with E-state index in [-0.39, 0.29) is 5.54 Å². The Kier molecular flexibility index (Phi) is 6.58. The van der Waals surface area contributed by atoms with Crippen molar-refractivity contribution in [2.75, 3.05) is 4.90 Å². The molecular formula is C43H36N2O. The molecule has 0 N–H and O–H groups in total. The standard InChI is InChI=1S/C43H36N2O/c1-5-12-29-13-10-14-33(27-29)44(40-19-11-17-36-35-16-7-9-20-41(35)46-42(36)40)32-24-21-30(22-25-32)31-23-26-39-37(28-31)34-15-6-8-18-38(34)45(39)43(2,3)4/h5-11,13-28H,1,12H2,2-4H3. The zero-order valence-electron chi connectivity index (χ0n) is 26.5. The number of allylic oxidation sites excluding steroid dienone is 1. The fourth-order valence-electron chi connectivity index (χ4n) is 7.00. The highest BCUT2D eigenvalue weighted by Gasteiger charge is 2.22. The maximum atomic E-state index is 6.52. The molecule has 0 fully saturated rings. The largest absolute Gasteiger partial charge is 0.454 e. The molecule has 2 aromatic heterocycles. The molecule has 0 saturated carbocycles. The number of para-hydroxylation sites is 3. The fourth-order valence-corrected chi connectivity index (χ4v) is 7.00. The lowest BCUT2D eigenvalue weighted by molar-refractivity contribution is 0.423. The molecule has 0 spiro atoms. The Bertz CT molecular complexity index is 2400. The Labute approximate surface area is 269 Å². The van der Waals surface area contributed by atoms with Gasteiger partial charge in [-0.3, -0.25) is 0 Å². The van der Waals surface area contributed by atoms with Gasteiger partial charge in [0.2, 0.25) is 0 Å². The van der Waals surface area contributed by atoms with E-state index < -0.39 is 0 Å². The van der Waals surface area contributed by atoms with Gasteiger partial charge in [-0.25, -0.2) is 0 Å². The van der Waals surface area contributed by atoms with E-state index in [9.17, 15) is 0 Å². The third-order valence-corrected chi connectivity index (χ3v) is 8.98. The number of anilines is 3. The molecule has 0 amide bonds. The summed E-state index contributed by atoms with van der Waals surface area (Å²) in [4.78, 5) is 2.31. The summed E-state index contributed by atoms with van der Waals surface area (Å²) in [7, 11) is 0. The highest BCUT2D eigenvalue weighted by molar-refractivity contribution is 6.11. The van der Waals surface area contributed by atoms with Crippen LogP contribution >= 0.6 is 0 Å². The van der Waals surface area contributed by atoms with Crippen molar-refractivity contribution in [2.45, 2.75) is 32.7 Å². The minimum absolute atomic E-state index is 0.0281. The van der Waals surface area contributed by atoms with Crippen LogP contribution in [0.25, 0.3) is 54.9 Å². The molecule has 0 aliphatic rings. The van der Waals surface area contributed by atoms with Crippen molar-refractivity contribution in [3.8, 4) is 11.1 Å². The summed E-state index contributed by atoms with van der Waals surface area (Å²) >= 11 is 0. The van der Waals surface area contributed by atoms with Gasteiger partial charge in [-0.15, -0.1) is 6.58 Å². The Morgan fingerprint density at radius 1 is 0.630 bits per heavy atom. The van der Waals surface area contributed by atoms with E-state index >= 15 is 0 Å². The second-order valence-electron chi connectivity index (χ2n) is 13.1. The van der Waals surface area contributed by atoms with Gasteiger partial charge in [0.05, 0.1) is 5.69 Å². The minimum atomic E-state index is -0.0281. The molecule has 46 heavy (non-hydrogen) atoms. The van der Waals surface area contributed by atoms with Crippen LogP contribution in [0.5, 0.6) is 0 Å². The molecule has 0 aliphatic carbocycles. The summed E-state index contributed by atoms with van der Waals surface area (Å²) in [6.45, 7) is 10.8. The lowest BCUT2D eigenvalue weighted by atomic mass is 10.0. The van der Waals surface area contributed by atoms with Crippen molar-refractivity contribution < 1.29 is 4.42 Å². The van der Waals surface area contributed by atoms with Crippen LogP contribution in [-0.4, -0.2) is 4.57 Å². The quantitative estimate of drug-likeness (QED) is 0.178. The van der Waals surface area contributed by atoms with E-state index in [0.29, 0.717) is 0 Å². The third-order valence-electron chi connectivity index (χ3n) is 8.98. The SMILES string of the molecule is C=CCc1cccc(N(c2ccc(-c3ccc4c(c3)c3ccccc3n4C(C)(C)C)cc2)c2cccc3c2oc2ccccc23)c1. The van der Waals surface area contributed by atoms with Crippen LogP contribution in [0.2, 0.25) is 0 Å². The maximum Gasteiger partial charge on any atom is 0.159 e. The number of fused-ring (bicyclic) bond motifs is 6. The van der Waals surface area contributed by atoms with Crippen LogP contribution in [-0.2, 0) is 12.0 Å². The van der Waals surface area contributed by atoms with Crippen LogP contribution < -0.4 is 4.90 Å². The van der Waals surface area contributed by atoms with Gasteiger partial charge in [0.25, 0.3) is 0 Å². The van der Waals surface area contributed by atoms with Gasteiger partial charge in [-0.05, 0) is 98.5 Å². The molecule has 8 rings (SSSR count). The third kappa shape index (κ3) is 4.59. The zero-order chi connectivity index (χ0) is 31.4. The number of aromatic nitrogens is 1. The van der Waals surface area contributed by atoms with Gasteiger partial charge in [0.15, 0.2) is 5.58 Å². The summed E-state index contributed by atoms with van der Waals surface area (Å²) in [5.74, 6) is 0. The lowest BCUT2D eigenvalue weighted by Gasteiger charge is -2.26. The van der Waals surface area contributed by atoms with Gasteiger partial charge in [-0.2, -0.15) is 0 Å². The topological polar surface area (TPSA) is 21.3 Å². The van der Waals surface area contributed by atoms with E-state index in [1.807, 2.05) is 18.2 Å². The monoisotopic (exact) mass is 596 g/mol. The van der Waals surface area contributed by atoms with Crippen LogP contribution in [0.4, 0.5) is 17.1 Å². The molecule has 0 unspecified atom stereocenters. The molecule has 0 radical (unpaired) electrons. The summed E-state index contributed by atoms with van der Waals surface area (Å²) in [5, 5.41) is 4.80. The Morgan fingerprint density at radius 3 is 2.13 bits per heavy atom. The van der Waals surface area contributed by atoms with Gasteiger partial charge < -0.3 is 13.9 Å². The van der Waals surface area contributed by atoms with Crippen molar-refractivity contribution in [3.63, 3.8) is 0 Å². The van der Waals surface area contributed by atoms with Crippen molar-refractivity contribution >= 4 is 60.8 Å². The highest BCUT2D eigenvalue weighted by atomic mass is 16.3. The molecule has 3 nitrogen and oxygen atoms in total. The smallest absolute Gasteiger partial charge is 0.159 e. The Morgan fingerprint density at radius 2 is 1.33 bits per heavy atom. The lowest BCUT2D eigenvalue weighted by Crippen LogP contribution is -2.21. The predicted octanol–water partition coefficient (Wildman–Crippen LogP) is 12.3. The molecule has 8 aromatic rings. The van der Waals surface area contributed by atoms with E-state index in [1.54, 1.807) is 0 Å². The number of nitrogens with zero attached hydrogens (tertiary/aromatic N) is 2. The average Bonchev–Trinajstić information content (AvgIpc) is 3.62. The predicted molar refractivity (Wildman–Crippen MR) is 196 cm³/mol. The summed E-state index contributed by atoms with van der Waals surface area (Å²) in [6.07, 6.45) is 2.76. The molecular weight excluding hydrogens is 560 g/mol. The number of furan rings is 1. The van der Waals surface area contributed by atoms with Crippen LogP contribution in [0.15, 0.2) is 151 Å². The molecule has 0 bridgehead atoms. The molecule has 0 saturated heterocycles. The first kappa shape index (κ1) is 28.0. The van der Waals surface area contributed by atoms with Crippen LogP contribution in [0, 0.1) is 0 Å². The average molecular weight is 597 g/mol. The minimum Gasteiger partial charge on any atom is -0.454 e. The molecule has 0 atom stereocenters. The Hall–Kier alpha value is -5.54. The van der Waals surface area contributed by atoms with Crippen LogP contribution in [0.1, 0.15) is 26.3 Å². The first-order valence-corrected chi connectivity index (χ1v) is 15.9. The van der Waals surface area contributed by atoms with Gasteiger partial charge in [-0.1, -0.05) is 84.9 Å². The molecule has 0 aliphatic heterocycles. The summed E-state index contributed by atoms with van der Waals surface area (Å²) < 4.78 is 8.98. The molecule has 6 aromatic carbocycles. The molecule has 2 heterocycles. The summed E-state index contributed by atoms with van der Waals surface area (Å²) in [5.41, 5.74) is 11.0. The normalized spacial score (nSPS) is 12.0. The second-order valence-corrected chi connectivity index (χ2v) is 13.1. The van der Waals surface area contributed by atoms with Crippen molar-refractivity contribution in [1.82, 2.24) is 4.57 Å². The molecule has 224 valence electrons. The van der Waals surface area contributed by atoms with Gasteiger partial charge in [0, 0.05) is 49.5 Å². The van der Waals surface area contributed by atoms with Crippen molar-refractivity contribution in [3.05, 3.63) is 152 Å². The van der Waals surface area contributed by atoms with E-state index in [2.05, 4.69) is 158 Å².